The van der Waals surface area contributed by atoms with Gasteiger partial charge in [0.2, 0.25) is 0 Å². The fourth-order valence-corrected chi connectivity index (χ4v) is 1.30. The van der Waals surface area contributed by atoms with E-state index in [-0.39, 0.29) is 0 Å². The van der Waals surface area contributed by atoms with Crippen molar-refractivity contribution in [3.63, 3.8) is 0 Å². The number of nitrogens with zero attached hydrogens (tertiary/aromatic N) is 4. The lowest BCUT2D eigenvalue weighted by Gasteiger charge is -2.02. The second-order valence-electron chi connectivity index (χ2n) is 3.86. The Morgan fingerprint density at radius 1 is 1.25 bits per heavy atom. The van der Waals surface area contributed by atoms with E-state index in [1.165, 1.54) is 4.80 Å². The normalized spacial score (nSPS) is 12.8. The van der Waals surface area contributed by atoms with Crippen molar-refractivity contribution in [1.29, 1.82) is 0 Å². The predicted octanol–water partition coefficient (Wildman–Crippen LogP) is 1.33. The molecular weight excluding hydrogens is 204 g/mol. The van der Waals surface area contributed by atoms with E-state index in [1.807, 2.05) is 19.9 Å². The van der Waals surface area contributed by atoms with Gasteiger partial charge in [-0.05, 0) is 38.0 Å². The van der Waals surface area contributed by atoms with Crippen molar-refractivity contribution in [2.75, 3.05) is 0 Å². The largest absolute Gasteiger partial charge is 0.387 e. The lowest BCUT2D eigenvalue weighted by molar-refractivity contribution is 0.193. The Bertz CT molecular complexity index is 504. The molecule has 2 rings (SSSR count). The summed E-state index contributed by atoms with van der Waals surface area (Å²) in [6.07, 6.45) is 2.72. The van der Waals surface area contributed by atoms with Crippen LogP contribution in [0.4, 0.5) is 0 Å². The van der Waals surface area contributed by atoms with Gasteiger partial charge < -0.3 is 5.11 Å². The maximum Gasteiger partial charge on any atom is 0.174 e. The van der Waals surface area contributed by atoms with Crippen LogP contribution in [0.15, 0.2) is 18.5 Å². The molecule has 1 unspecified atom stereocenters. The van der Waals surface area contributed by atoms with Gasteiger partial charge in [0, 0.05) is 6.20 Å². The average Bonchev–Trinajstić information content (AvgIpc) is 2.71. The second kappa shape index (κ2) is 4.02. The van der Waals surface area contributed by atoms with Gasteiger partial charge in [-0.1, -0.05) is 0 Å². The highest BCUT2D eigenvalue weighted by Crippen LogP contribution is 2.11. The van der Waals surface area contributed by atoms with E-state index in [0.29, 0.717) is 11.5 Å². The van der Waals surface area contributed by atoms with Crippen LogP contribution in [0.2, 0.25) is 0 Å². The SMILES string of the molecule is Cc1cnc(-n2ncc(C(C)O)n2)cc1C. The molecule has 0 aliphatic rings. The summed E-state index contributed by atoms with van der Waals surface area (Å²) in [5.74, 6) is 0.662. The number of rotatable bonds is 2. The fourth-order valence-electron chi connectivity index (χ4n) is 1.30. The maximum atomic E-state index is 9.35. The molecule has 1 N–H and O–H groups in total. The van der Waals surface area contributed by atoms with Crippen molar-refractivity contribution < 1.29 is 5.11 Å². The van der Waals surface area contributed by atoms with Gasteiger partial charge in [-0.25, -0.2) is 4.98 Å². The van der Waals surface area contributed by atoms with E-state index in [9.17, 15) is 5.11 Å². The Balaban J connectivity index is 2.39. The Kier molecular flexibility index (Phi) is 2.70. The first-order chi connectivity index (χ1) is 7.58. The molecule has 0 aliphatic heterocycles. The van der Waals surface area contributed by atoms with Gasteiger partial charge in [0.05, 0.1) is 12.3 Å². The van der Waals surface area contributed by atoms with Gasteiger partial charge in [-0.15, -0.1) is 9.90 Å². The Hall–Kier alpha value is -1.75. The molecule has 2 aromatic heterocycles. The van der Waals surface area contributed by atoms with Crippen LogP contribution in [-0.4, -0.2) is 25.1 Å². The number of hydrogen-bond acceptors (Lipinski definition) is 4. The second-order valence-corrected chi connectivity index (χ2v) is 3.86. The first-order valence-corrected chi connectivity index (χ1v) is 5.12. The Morgan fingerprint density at radius 2 is 2.00 bits per heavy atom. The number of aliphatic hydroxyl groups is 1. The minimum atomic E-state index is -0.611. The highest BCUT2D eigenvalue weighted by Gasteiger charge is 2.08. The van der Waals surface area contributed by atoms with Gasteiger partial charge in [0.15, 0.2) is 5.82 Å². The molecule has 0 saturated heterocycles. The summed E-state index contributed by atoms with van der Waals surface area (Å²) in [6, 6.07) is 1.92. The van der Waals surface area contributed by atoms with Crippen molar-refractivity contribution >= 4 is 0 Å². The topological polar surface area (TPSA) is 63.8 Å². The monoisotopic (exact) mass is 218 g/mol. The van der Waals surface area contributed by atoms with Crippen molar-refractivity contribution in [3.05, 3.63) is 35.3 Å². The smallest absolute Gasteiger partial charge is 0.174 e. The third kappa shape index (κ3) is 1.94. The number of pyridine rings is 1. The minimum Gasteiger partial charge on any atom is -0.387 e. The Labute approximate surface area is 93.8 Å². The number of aromatic nitrogens is 4. The zero-order valence-electron chi connectivity index (χ0n) is 9.55. The van der Waals surface area contributed by atoms with Crippen LogP contribution >= 0.6 is 0 Å². The molecule has 0 fully saturated rings. The molecular formula is C11H14N4O. The third-order valence-electron chi connectivity index (χ3n) is 2.50. The molecule has 0 radical (unpaired) electrons. The zero-order chi connectivity index (χ0) is 11.7. The molecule has 16 heavy (non-hydrogen) atoms. The number of aliphatic hydroxyl groups excluding tert-OH is 1. The van der Waals surface area contributed by atoms with Crippen molar-refractivity contribution in [2.45, 2.75) is 26.9 Å². The summed E-state index contributed by atoms with van der Waals surface area (Å²) < 4.78 is 0. The van der Waals surface area contributed by atoms with Crippen LogP contribution in [0, 0.1) is 13.8 Å². The molecule has 2 heterocycles. The van der Waals surface area contributed by atoms with Crippen molar-refractivity contribution in [1.82, 2.24) is 20.0 Å². The minimum absolute atomic E-state index is 0.542. The van der Waals surface area contributed by atoms with Crippen molar-refractivity contribution in [2.24, 2.45) is 0 Å². The molecule has 0 spiro atoms. The van der Waals surface area contributed by atoms with Gasteiger partial charge in [0.25, 0.3) is 0 Å². The maximum absolute atomic E-state index is 9.35. The lowest BCUT2D eigenvalue weighted by Crippen LogP contribution is -2.03. The standard InChI is InChI=1S/C11H14N4O/c1-7-4-11(12-5-8(7)2)15-13-6-10(14-15)9(3)16/h4-6,9,16H,1-3H3. The van der Waals surface area contributed by atoms with Crippen LogP contribution in [0.25, 0.3) is 5.82 Å². The molecule has 0 amide bonds. The van der Waals surface area contributed by atoms with Crippen LogP contribution in [0.3, 0.4) is 0 Å². The van der Waals surface area contributed by atoms with E-state index < -0.39 is 6.10 Å². The summed E-state index contributed by atoms with van der Waals surface area (Å²) >= 11 is 0. The number of aryl methyl sites for hydroxylation is 2. The first-order valence-electron chi connectivity index (χ1n) is 5.12. The van der Waals surface area contributed by atoms with E-state index in [2.05, 4.69) is 15.2 Å². The van der Waals surface area contributed by atoms with Crippen LogP contribution in [0.5, 0.6) is 0 Å². The van der Waals surface area contributed by atoms with Crippen LogP contribution in [0.1, 0.15) is 29.8 Å². The highest BCUT2D eigenvalue weighted by molar-refractivity contribution is 5.30. The molecule has 1 atom stereocenters. The molecule has 0 saturated carbocycles. The van der Waals surface area contributed by atoms with E-state index in [1.54, 1.807) is 19.3 Å². The van der Waals surface area contributed by atoms with Gasteiger partial charge >= 0.3 is 0 Å². The highest BCUT2D eigenvalue weighted by atomic mass is 16.3. The summed E-state index contributed by atoms with van der Waals surface area (Å²) in [5, 5.41) is 17.6. The Morgan fingerprint density at radius 3 is 2.56 bits per heavy atom. The van der Waals surface area contributed by atoms with Gasteiger partial charge in [-0.3, -0.25) is 0 Å². The van der Waals surface area contributed by atoms with Crippen LogP contribution in [-0.2, 0) is 0 Å². The molecule has 0 bridgehead atoms. The third-order valence-corrected chi connectivity index (χ3v) is 2.50. The summed E-state index contributed by atoms with van der Waals surface area (Å²) in [4.78, 5) is 5.66. The van der Waals surface area contributed by atoms with Gasteiger partial charge in [-0.2, -0.15) is 5.10 Å². The summed E-state index contributed by atoms with van der Waals surface area (Å²) in [7, 11) is 0. The predicted molar refractivity (Wildman–Crippen MR) is 59.3 cm³/mol. The summed E-state index contributed by atoms with van der Waals surface area (Å²) in [6.45, 7) is 5.67. The molecule has 0 aliphatic carbocycles. The molecule has 2 aromatic rings. The van der Waals surface area contributed by atoms with Gasteiger partial charge in [0.1, 0.15) is 5.69 Å². The number of hydrogen-bond donors (Lipinski definition) is 1. The van der Waals surface area contributed by atoms with E-state index in [4.69, 9.17) is 0 Å². The van der Waals surface area contributed by atoms with E-state index in [0.717, 1.165) is 11.1 Å². The molecule has 0 aromatic carbocycles. The van der Waals surface area contributed by atoms with Crippen molar-refractivity contribution in [3.8, 4) is 5.82 Å². The molecule has 5 nitrogen and oxygen atoms in total. The summed E-state index contributed by atoms with van der Waals surface area (Å²) in [5.41, 5.74) is 2.81. The molecule has 84 valence electrons. The fraction of sp³-hybridized carbons (Fsp3) is 0.364. The van der Waals surface area contributed by atoms with Crippen LogP contribution < -0.4 is 0 Å². The first kappa shape index (κ1) is 10.8. The quantitative estimate of drug-likeness (QED) is 0.826. The average molecular weight is 218 g/mol. The lowest BCUT2D eigenvalue weighted by atomic mass is 10.2. The van der Waals surface area contributed by atoms with E-state index >= 15 is 0 Å². The molecule has 5 heteroatoms. The zero-order valence-corrected chi connectivity index (χ0v) is 9.55.